The number of amides is 1. The molecule has 100 valence electrons. The van der Waals surface area contributed by atoms with Crippen LogP contribution >= 0.6 is 0 Å². The number of methoxy groups -OCH3 is 1. The summed E-state index contributed by atoms with van der Waals surface area (Å²) in [4.78, 5) is 19.8. The minimum Gasteiger partial charge on any atom is -0.377 e. The molecule has 0 bridgehead atoms. The summed E-state index contributed by atoms with van der Waals surface area (Å²) < 4.78 is 4.99. The van der Waals surface area contributed by atoms with Crippen LogP contribution in [-0.2, 0) is 16.1 Å². The molecule has 18 heavy (non-hydrogen) atoms. The second-order valence-corrected chi connectivity index (χ2v) is 3.54. The van der Waals surface area contributed by atoms with Gasteiger partial charge >= 0.3 is 0 Å². The predicted molar refractivity (Wildman–Crippen MR) is 69.5 cm³/mol. The number of likely N-dealkylation sites (N-methyl/N-ethyl adjacent to an activating group) is 1. The van der Waals surface area contributed by atoms with Gasteiger partial charge in [0.05, 0.1) is 6.54 Å². The van der Waals surface area contributed by atoms with Crippen molar-refractivity contribution in [2.75, 3.05) is 37.9 Å². The van der Waals surface area contributed by atoms with E-state index < -0.39 is 0 Å². The second-order valence-electron chi connectivity index (χ2n) is 3.54. The lowest BCUT2D eigenvalue weighted by Gasteiger charge is -2.09. The first-order valence-electron chi connectivity index (χ1n) is 5.74. The summed E-state index contributed by atoms with van der Waals surface area (Å²) in [7, 11) is 3.35. The number of anilines is 2. The zero-order valence-corrected chi connectivity index (χ0v) is 10.9. The second kappa shape index (κ2) is 7.44. The maximum atomic E-state index is 11.3. The van der Waals surface area contributed by atoms with Gasteiger partial charge in [-0.3, -0.25) is 4.79 Å². The molecular weight excluding hydrogens is 234 g/mol. The van der Waals surface area contributed by atoms with Crippen molar-refractivity contribution in [3.63, 3.8) is 0 Å². The summed E-state index contributed by atoms with van der Waals surface area (Å²) in [5, 5.41) is 8.57. The molecule has 0 aliphatic heterocycles. The Morgan fingerprint density at radius 2 is 2.11 bits per heavy atom. The van der Waals surface area contributed by atoms with Crippen LogP contribution in [0.25, 0.3) is 0 Å². The number of carbonyl (C=O) groups excluding carboxylic acids is 1. The number of ether oxygens (including phenoxy) is 1. The van der Waals surface area contributed by atoms with Gasteiger partial charge in [0.25, 0.3) is 0 Å². The first-order chi connectivity index (χ1) is 8.69. The van der Waals surface area contributed by atoms with E-state index in [1.165, 1.54) is 0 Å². The van der Waals surface area contributed by atoms with Crippen molar-refractivity contribution >= 4 is 17.5 Å². The summed E-state index contributed by atoms with van der Waals surface area (Å²) in [6.45, 7) is 2.99. The molecule has 0 saturated heterocycles. The maximum Gasteiger partial charge on any atom is 0.239 e. The number of carbonyl (C=O) groups is 1. The van der Waals surface area contributed by atoms with Crippen LogP contribution in [0.15, 0.2) is 6.07 Å². The average molecular weight is 253 g/mol. The van der Waals surface area contributed by atoms with Crippen molar-refractivity contribution < 1.29 is 9.53 Å². The van der Waals surface area contributed by atoms with E-state index in [0.29, 0.717) is 30.6 Å². The molecule has 0 unspecified atom stereocenters. The molecule has 7 heteroatoms. The van der Waals surface area contributed by atoms with Crippen molar-refractivity contribution in [1.82, 2.24) is 15.3 Å². The van der Waals surface area contributed by atoms with E-state index in [1.807, 2.05) is 6.92 Å². The summed E-state index contributed by atoms with van der Waals surface area (Å²) in [5.41, 5.74) is 0. The maximum absolute atomic E-state index is 11.3. The SMILES string of the molecule is CCNC(=O)CNc1cc(NC)nc(COC)n1. The summed E-state index contributed by atoms with van der Waals surface area (Å²) in [5.74, 6) is 1.75. The highest BCUT2D eigenvalue weighted by molar-refractivity contribution is 5.80. The van der Waals surface area contributed by atoms with E-state index in [0.717, 1.165) is 0 Å². The monoisotopic (exact) mass is 253 g/mol. The van der Waals surface area contributed by atoms with E-state index in [2.05, 4.69) is 25.9 Å². The third-order valence-corrected chi connectivity index (χ3v) is 2.11. The lowest BCUT2D eigenvalue weighted by molar-refractivity contribution is -0.119. The number of rotatable bonds is 7. The quantitative estimate of drug-likeness (QED) is 0.644. The molecule has 0 radical (unpaired) electrons. The highest BCUT2D eigenvalue weighted by Crippen LogP contribution is 2.10. The lowest BCUT2D eigenvalue weighted by atomic mass is 10.4. The van der Waals surface area contributed by atoms with Gasteiger partial charge in [0.1, 0.15) is 18.2 Å². The van der Waals surface area contributed by atoms with Crippen LogP contribution in [0.1, 0.15) is 12.7 Å². The van der Waals surface area contributed by atoms with E-state index in [4.69, 9.17) is 4.74 Å². The number of nitrogens with one attached hydrogen (secondary N) is 3. The summed E-state index contributed by atoms with van der Waals surface area (Å²) in [6, 6.07) is 1.73. The number of aromatic nitrogens is 2. The molecular formula is C11H19N5O2. The number of nitrogens with zero attached hydrogens (tertiary/aromatic N) is 2. The molecule has 0 spiro atoms. The van der Waals surface area contributed by atoms with Gasteiger partial charge < -0.3 is 20.7 Å². The molecule has 1 amide bonds. The van der Waals surface area contributed by atoms with Gasteiger partial charge in [-0.1, -0.05) is 0 Å². The fourth-order valence-corrected chi connectivity index (χ4v) is 1.34. The average Bonchev–Trinajstić information content (AvgIpc) is 2.37. The van der Waals surface area contributed by atoms with Crippen molar-refractivity contribution in [1.29, 1.82) is 0 Å². The Hall–Kier alpha value is -1.89. The fraction of sp³-hybridized carbons (Fsp3) is 0.545. The molecule has 1 aromatic heterocycles. The molecule has 3 N–H and O–H groups in total. The summed E-state index contributed by atoms with van der Waals surface area (Å²) in [6.07, 6.45) is 0. The molecule has 0 atom stereocenters. The molecule has 0 aliphatic carbocycles. The van der Waals surface area contributed by atoms with Crippen molar-refractivity contribution in [2.24, 2.45) is 0 Å². The smallest absolute Gasteiger partial charge is 0.239 e. The van der Waals surface area contributed by atoms with Crippen LogP contribution in [0.5, 0.6) is 0 Å². The Bertz CT molecular complexity index is 397. The Kier molecular flexibility index (Phi) is 5.86. The molecule has 0 saturated carbocycles. The third kappa shape index (κ3) is 4.54. The van der Waals surface area contributed by atoms with Gasteiger partial charge in [-0.05, 0) is 6.92 Å². The molecule has 1 heterocycles. The van der Waals surface area contributed by atoms with Crippen molar-refractivity contribution in [3.8, 4) is 0 Å². The lowest BCUT2D eigenvalue weighted by Crippen LogP contribution is -2.29. The Morgan fingerprint density at radius 1 is 1.39 bits per heavy atom. The van der Waals surface area contributed by atoms with Crippen LogP contribution < -0.4 is 16.0 Å². The van der Waals surface area contributed by atoms with E-state index in [-0.39, 0.29) is 12.5 Å². The topological polar surface area (TPSA) is 88.2 Å². The number of hydrogen-bond acceptors (Lipinski definition) is 6. The minimum absolute atomic E-state index is 0.0737. The minimum atomic E-state index is -0.0737. The van der Waals surface area contributed by atoms with Crippen LogP contribution in [0.4, 0.5) is 11.6 Å². The highest BCUT2D eigenvalue weighted by atomic mass is 16.5. The van der Waals surface area contributed by atoms with Crippen LogP contribution in [-0.4, -0.2) is 43.1 Å². The normalized spacial score (nSPS) is 9.94. The molecule has 0 aliphatic rings. The molecule has 0 aromatic carbocycles. The molecule has 7 nitrogen and oxygen atoms in total. The highest BCUT2D eigenvalue weighted by Gasteiger charge is 2.05. The van der Waals surface area contributed by atoms with Gasteiger partial charge in [0, 0.05) is 26.8 Å². The van der Waals surface area contributed by atoms with E-state index >= 15 is 0 Å². The third-order valence-electron chi connectivity index (χ3n) is 2.11. The van der Waals surface area contributed by atoms with E-state index in [9.17, 15) is 4.79 Å². The van der Waals surface area contributed by atoms with Crippen LogP contribution in [0.3, 0.4) is 0 Å². The van der Waals surface area contributed by atoms with Gasteiger partial charge in [-0.25, -0.2) is 9.97 Å². The molecule has 1 aromatic rings. The van der Waals surface area contributed by atoms with Gasteiger partial charge in [0.2, 0.25) is 5.91 Å². The van der Waals surface area contributed by atoms with Crippen molar-refractivity contribution in [2.45, 2.75) is 13.5 Å². The van der Waals surface area contributed by atoms with Crippen LogP contribution in [0.2, 0.25) is 0 Å². The van der Waals surface area contributed by atoms with E-state index in [1.54, 1.807) is 20.2 Å². The van der Waals surface area contributed by atoms with Gasteiger partial charge in [-0.15, -0.1) is 0 Å². The first-order valence-corrected chi connectivity index (χ1v) is 5.74. The summed E-state index contributed by atoms with van der Waals surface area (Å²) >= 11 is 0. The predicted octanol–water partition coefficient (Wildman–Crippen LogP) is 0.213. The largest absolute Gasteiger partial charge is 0.377 e. The van der Waals surface area contributed by atoms with Gasteiger partial charge in [-0.2, -0.15) is 0 Å². The Labute approximate surface area is 106 Å². The Morgan fingerprint density at radius 3 is 2.72 bits per heavy atom. The zero-order valence-electron chi connectivity index (χ0n) is 10.9. The number of hydrogen-bond donors (Lipinski definition) is 3. The van der Waals surface area contributed by atoms with Gasteiger partial charge in [0.15, 0.2) is 5.82 Å². The Balaban J connectivity index is 2.68. The zero-order chi connectivity index (χ0) is 13.4. The van der Waals surface area contributed by atoms with Crippen molar-refractivity contribution in [3.05, 3.63) is 11.9 Å². The van der Waals surface area contributed by atoms with Crippen LogP contribution in [0, 0.1) is 0 Å². The fourth-order valence-electron chi connectivity index (χ4n) is 1.34. The first kappa shape index (κ1) is 14.2. The molecule has 0 fully saturated rings. The molecule has 1 rings (SSSR count). The standard InChI is InChI=1S/C11H19N5O2/c1-4-13-11(17)6-14-9-5-8(12-2)15-10(16-9)7-18-3/h5H,4,6-7H2,1-3H3,(H,13,17)(H2,12,14,15,16).